The number of nitrogens with zero attached hydrogens (tertiary/aromatic N) is 3. The van der Waals surface area contributed by atoms with E-state index in [1.54, 1.807) is 6.08 Å². The molecular weight excluding hydrogens is 220 g/mol. The molecule has 0 fully saturated rings. The van der Waals surface area contributed by atoms with Crippen LogP contribution in [0.2, 0.25) is 0 Å². The molecule has 0 aliphatic carbocycles. The number of allylic oxidation sites excluding steroid dienone is 2. The van der Waals surface area contributed by atoms with Gasteiger partial charge in [-0.25, -0.2) is 4.98 Å². The lowest BCUT2D eigenvalue weighted by molar-refractivity contribution is -0.384. The molecule has 2 N–H and O–H groups in total. The van der Waals surface area contributed by atoms with Gasteiger partial charge in [0.25, 0.3) is 0 Å². The Morgan fingerprint density at radius 2 is 2.24 bits per heavy atom. The van der Waals surface area contributed by atoms with Crippen molar-refractivity contribution in [1.82, 2.24) is 9.88 Å². The lowest BCUT2D eigenvalue weighted by Crippen LogP contribution is -2.02. The normalized spacial score (nSPS) is 10.5. The lowest BCUT2D eigenvalue weighted by atomic mass is 10.2. The summed E-state index contributed by atoms with van der Waals surface area (Å²) < 4.78 is 0. The summed E-state index contributed by atoms with van der Waals surface area (Å²) in [6, 6.07) is 2.85. The molecule has 0 saturated heterocycles. The molecule has 0 aliphatic rings. The van der Waals surface area contributed by atoms with Gasteiger partial charge in [0.2, 0.25) is 5.82 Å². The molecule has 0 unspecified atom stereocenters. The topological polar surface area (TPSA) is 85.3 Å². The Kier molecular flexibility index (Phi) is 3.82. The molecule has 0 amide bonds. The highest BCUT2D eigenvalue weighted by atomic mass is 16.6. The molecule has 0 atom stereocenters. The quantitative estimate of drug-likeness (QED) is 0.486. The Labute approximate surface area is 99.2 Å². The second-order valence-electron chi connectivity index (χ2n) is 3.66. The van der Waals surface area contributed by atoms with Crippen molar-refractivity contribution < 1.29 is 4.92 Å². The minimum atomic E-state index is -0.565. The highest BCUT2D eigenvalue weighted by molar-refractivity contribution is 5.71. The molecule has 6 heteroatoms. The number of anilines is 1. The van der Waals surface area contributed by atoms with E-state index >= 15 is 0 Å². The summed E-state index contributed by atoms with van der Waals surface area (Å²) in [4.78, 5) is 15.8. The molecule has 1 aromatic rings. The van der Waals surface area contributed by atoms with Gasteiger partial charge in [-0.1, -0.05) is 6.58 Å². The number of hydrogen-bond donors (Lipinski definition) is 1. The van der Waals surface area contributed by atoms with Crippen LogP contribution in [0, 0.1) is 10.1 Å². The second-order valence-corrected chi connectivity index (χ2v) is 3.66. The van der Waals surface area contributed by atoms with Gasteiger partial charge in [0.15, 0.2) is 0 Å². The van der Waals surface area contributed by atoms with Crippen LogP contribution >= 0.6 is 0 Å². The largest absolute Gasteiger partial charge is 0.383 e. The summed E-state index contributed by atoms with van der Waals surface area (Å²) in [5, 5.41) is 10.6. The van der Waals surface area contributed by atoms with Gasteiger partial charge >= 0.3 is 5.69 Å². The predicted molar refractivity (Wildman–Crippen MR) is 67.2 cm³/mol. The first-order chi connectivity index (χ1) is 7.91. The Hall–Kier alpha value is -2.37. The number of nitrogen functional groups attached to an aromatic ring is 1. The van der Waals surface area contributed by atoms with E-state index in [2.05, 4.69) is 11.6 Å². The first-order valence-electron chi connectivity index (χ1n) is 4.86. The molecule has 6 nitrogen and oxygen atoms in total. The SMILES string of the molecule is C=C(/C=C\N(C)C)c1ccc([N+](=O)[O-])c(N)n1. The third kappa shape index (κ3) is 3.30. The Morgan fingerprint density at radius 1 is 1.59 bits per heavy atom. The van der Waals surface area contributed by atoms with Crippen LogP contribution in [0.1, 0.15) is 5.69 Å². The monoisotopic (exact) mass is 234 g/mol. The molecule has 0 aliphatic heterocycles. The molecule has 1 heterocycles. The van der Waals surface area contributed by atoms with E-state index in [1.165, 1.54) is 12.1 Å². The molecule has 1 rings (SSSR count). The van der Waals surface area contributed by atoms with Gasteiger partial charge in [0.1, 0.15) is 0 Å². The summed E-state index contributed by atoms with van der Waals surface area (Å²) in [6.45, 7) is 3.81. The highest BCUT2D eigenvalue weighted by Gasteiger charge is 2.13. The van der Waals surface area contributed by atoms with Gasteiger partial charge in [-0.2, -0.15) is 0 Å². The van der Waals surface area contributed by atoms with Gasteiger partial charge in [0, 0.05) is 20.2 Å². The maximum Gasteiger partial charge on any atom is 0.311 e. The third-order valence-corrected chi connectivity index (χ3v) is 2.00. The van der Waals surface area contributed by atoms with Gasteiger partial charge in [0.05, 0.1) is 10.6 Å². The van der Waals surface area contributed by atoms with Crippen LogP contribution in [-0.4, -0.2) is 28.9 Å². The smallest absolute Gasteiger partial charge is 0.311 e. The van der Waals surface area contributed by atoms with Crippen molar-refractivity contribution >= 4 is 17.1 Å². The molecule has 1 aromatic heterocycles. The summed E-state index contributed by atoms with van der Waals surface area (Å²) in [7, 11) is 3.75. The van der Waals surface area contributed by atoms with Gasteiger partial charge in [-0.05, 0) is 23.9 Å². The Bertz CT molecular complexity index is 480. The molecule has 0 saturated carbocycles. The van der Waals surface area contributed by atoms with E-state index in [0.29, 0.717) is 11.3 Å². The second kappa shape index (κ2) is 5.11. The van der Waals surface area contributed by atoms with E-state index in [1.807, 2.05) is 25.2 Å². The van der Waals surface area contributed by atoms with E-state index in [-0.39, 0.29) is 11.5 Å². The van der Waals surface area contributed by atoms with Gasteiger partial charge < -0.3 is 10.6 Å². The fourth-order valence-electron chi connectivity index (χ4n) is 1.13. The minimum Gasteiger partial charge on any atom is -0.383 e. The van der Waals surface area contributed by atoms with Crippen molar-refractivity contribution in [2.24, 2.45) is 0 Å². The number of pyridine rings is 1. The fourth-order valence-corrected chi connectivity index (χ4v) is 1.13. The van der Waals surface area contributed by atoms with Gasteiger partial charge in [-0.15, -0.1) is 0 Å². The molecule has 0 bridgehead atoms. The molecular formula is C11H14N4O2. The van der Waals surface area contributed by atoms with E-state index < -0.39 is 4.92 Å². The number of aromatic nitrogens is 1. The summed E-state index contributed by atoms with van der Waals surface area (Å²) in [5.74, 6) is -0.105. The van der Waals surface area contributed by atoms with Crippen LogP contribution < -0.4 is 5.73 Å². The van der Waals surface area contributed by atoms with Crippen LogP contribution in [0.4, 0.5) is 11.5 Å². The third-order valence-electron chi connectivity index (χ3n) is 2.00. The van der Waals surface area contributed by atoms with Crippen LogP contribution in [0.25, 0.3) is 5.57 Å². The van der Waals surface area contributed by atoms with E-state index in [4.69, 9.17) is 5.73 Å². The Morgan fingerprint density at radius 3 is 2.71 bits per heavy atom. The maximum absolute atomic E-state index is 10.6. The molecule has 0 spiro atoms. The highest BCUT2D eigenvalue weighted by Crippen LogP contribution is 2.21. The zero-order chi connectivity index (χ0) is 13.0. The van der Waals surface area contributed by atoms with Crippen LogP contribution in [0.15, 0.2) is 31.0 Å². The van der Waals surface area contributed by atoms with Gasteiger partial charge in [-0.3, -0.25) is 10.1 Å². The zero-order valence-electron chi connectivity index (χ0n) is 9.75. The average molecular weight is 234 g/mol. The van der Waals surface area contributed by atoms with Crippen LogP contribution in [0.3, 0.4) is 0 Å². The molecule has 90 valence electrons. The van der Waals surface area contributed by atoms with E-state index in [0.717, 1.165) is 0 Å². The van der Waals surface area contributed by atoms with Crippen molar-refractivity contribution in [1.29, 1.82) is 0 Å². The molecule has 0 radical (unpaired) electrons. The first kappa shape index (κ1) is 12.7. The minimum absolute atomic E-state index is 0.105. The average Bonchev–Trinajstić information content (AvgIpc) is 2.25. The zero-order valence-corrected chi connectivity index (χ0v) is 9.75. The van der Waals surface area contributed by atoms with Crippen LogP contribution in [-0.2, 0) is 0 Å². The molecule has 0 aromatic carbocycles. The predicted octanol–water partition coefficient (Wildman–Crippen LogP) is 1.66. The summed E-state index contributed by atoms with van der Waals surface area (Å²) >= 11 is 0. The number of nitro groups is 1. The molecule has 17 heavy (non-hydrogen) atoms. The Balaban J connectivity index is 2.98. The van der Waals surface area contributed by atoms with Crippen molar-refractivity contribution in [3.8, 4) is 0 Å². The summed E-state index contributed by atoms with van der Waals surface area (Å²) in [5.41, 5.74) is 6.45. The lowest BCUT2D eigenvalue weighted by Gasteiger charge is -2.05. The number of rotatable bonds is 4. The van der Waals surface area contributed by atoms with E-state index in [9.17, 15) is 10.1 Å². The van der Waals surface area contributed by atoms with Crippen molar-refractivity contribution in [2.75, 3.05) is 19.8 Å². The first-order valence-corrected chi connectivity index (χ1v) is 4.86. The summed E-state index contributed by atoms with van der Waals surface area (Å²) in [6.07, 6.45) is 3.56. The van der Waals surface area contributed by atoms with Crippen LogP contribution in [0.5, 0.6) is 0 Å². The fraction of sp³-hybridized carbons (Fsp3) is 0.182. The van der Waals surface area contributed by atoms with Crippen molar-refractivity contribution in [2.45, 2.75) is 0 Å². The number of hydrogen-bond acceptors (Lipinski definition) is 5. The maximum atomic E-state index is 10.6. The number of nitrogens with two attached hydrogens (primary N) is 1. The van der Waals surface area contributed by atoms with Crippen molar-refractivity contribution in [3.05, 3.63) is 46.8 Å². The standard InChI is InChI=1S/C11H14N4O2/c1-8(6-7-14(2)3)9-4-5-10(15(16)17)11(12)13-9/h4-7H,1H2,2-3H3,(H2,12,13)/b7-6-. The van der Waals surface area contributed by atoms with Crippen molar-refractivity contribution in [3.63, 3.8) is 0 Å².